The van der Waals surface area contributed by atoms with Gasteiger partial charge in [-0.05, 0) is 31.0 Å². The summed E-state index contributed by atoms with van der Waals surface area (Å²) in [7, 11) is 1.65. The third-order valence-corrected chi connectivity index (χ3v) is 5.98. The summed E-state index contributed by atoms with van der Waals surface area (Å²) in [6.45, 7) is 0.715. The molecule has 2 N–H and O–H groups in total. The van der Waals surface area contributed by atoms with Gasteiger partial charge >= 0.3 is 0 Å². The van der Waals surface area contributed by atoms with Gasteiger partial charge in [-0.3, -0.25) is 4.79 Å². The van der Waals surface area contributed by atoms with Crippen LogP contribution < -0.4 is 15.0 Å². The van der Waals surface area contributed by atoms with Gasteiger partial charge in [-0.2, -0.15) is 5.10 Å². The molecule has 0 unspecified atom stereocenters. The summed E-state index contributed by atoms with van der Waals surface area (Å²) >= 11 is 0. The summed E-state index contributed by atoms with van der Waals surface area (Å²) < 4.78 is 7.31. The molecule has 10 heteroatoms. The summed E-state index contributed by atoms with van der Waals surface area (Å²) in [6, 6.07) is 5.87. The number of aromatic nitrogens is 6. The Hall–Kier alpha value is -3.95. The van der Waals surface area contributed by atoms with Crippen LogP contribution in [0, 0.1) is 0 Å². The smallest absolute Gasteiger partial charge is 0.271 e. The number of ether oxygens (including phenoxy) is 1. The Kier molecular flexibility index (Phi) is 4.30. The van der Waals surface area contributed by atoms with Crippen molar-refractivity contribution in [2.24, 2.45) is 0 Å². The Labute approximate surface area is 183 Å². The molecule has 0 spiro atoms. The van der Waals surface area contributed by atoms with Gasteiger partial charge in [-0.15, -0.1) is 0 Å². The number of carbonyl (C=O) groups is 1. The van der Waals surface area contributed by atoms with Crippen LogP contribution in [0.3, 0.4) is 0 Å². The first-order valence-electron chi connectivity index (χ1n) is 10.7. The SMILES string of the molecule is COc1cccn2nc([C@@H]3c4nc[nH]c4CCN3c3cnc(C(=O)NC4CC4)cn3)cc12. The Morgan fingerprint density at radius 2 is 2.16 bits per heavy atom. The van der Waals surface area contributed by atoms with Crippen molar-refractivity contribution in [3.8, 4) is 5.75 Å². The number of pyridine rings is 1. The lowest BCUT2D eigenvalue weighted by Crippen LogP contribution is -2.37. The van der Waals surface area contributed by atoms with Crippen molar-refractivity contribution < 1.29 is 9.53 Å². The number of methoxy groups -OCH3 is 1. The predicted molar refractivity (Wildman–Crippen MR) is 116 cm³/mol. The molecule has 2 aliphatic rings. The van der Waals surface area contributed by atoms with Gasteiger partial charge in [0.15, 0.2) is 0 Å². The van der Waals surface area contributed by atoms with Crippen molar-refractivity contribution in [2.75, 3.05) is 18.6 Å². The number of nitrogens with one attached hydrogen (secondary N) is 2. The highest BCUT2D eigenvalue weighted by Gasteiger charge is 2.34. The molecule has 0 saturated heterocycles. The van der Waals surface area contributed by atoms with Crippen molar-refractivity contribution in [3.05, 3.63) is 65.9 Å². The average Bonchev–Trinajstić information content (AvgIpc) is 3.33. The molecule has 6 rings (SSSR count). The van der Waals surface area contributed by atoms with Gasteiger partial charge in [0, 0.05) is 30.9 Å². The van der Waals surface area contributed by atoms with E-state index in [2.05, 4.69) is 30.2 Å². The monoisotopic (exact) mass is 430 g/mol. The van der Waals surface area contributed by atoms with Crippen LogP contribution in [0.5, 0.6) is 5.75 Å². The zero-order valence-corrected chi connectivity index (χ0v) is 17.5. The number of hydrogen-bond donors (Lipinski definition) is 2. The first-order chi connectivity index (χ1) is 15.7. The maximum absolute atomic E-state index is 12.3. The summed E-state index contributed by atoms with van der Waals surface area (Å²) in [5.41, 5.74) is 4.04. The highest BCUT2D eigenvalue weighted by atomic mass is 16.5. The number of H-pyrrole nitrogens is 1. The van der Waals surface area contributed by atoms with E-state index < -0.39 is 0 Å². The van der Waals surface area contributed by atoms with E-state index in [4.69, 9.17) is 9.84 Å². The number of imidazole rings is 1. The summed E-state index contributed by atoms with van der Waals surface area (Å²) in [4.78, 5) is 31.2. The zero-order chi connectivity index (χ0) is 21.7. The van der Waals surface area contributed by atoms with E-state index in [0.29, 0.717) is 18.1 Å². The predicted octanol–water partition coefficient (Wildman–Crippen LogP) is 1.90. The first kappa shape index (κ1) is 18.8. The molecule has 1 aliphatic heterocycles. The number of aromatic amines is 1. The topological polar surface area (TPSA) is 113 Å². The largest absolute Gasteiger partial charge is 0.494 e. The van der Waals surface area contributed by atoms with Gasteiger partial charge in [-0.1, -0.05) is 0 Å². The van der Waals surface area contributed by atoms with Crippen LogP contribution >= 0.6 is 0 Å². The molecule has 1 amide bonds. The fraction of sp³-hybridized carbons (Fsp3) is 0.318. The molecule has 4 aromatic rings. The molecule has 0 bridgehead atoms. The number of rotatable bonds is 5. The van der Waals surface area contributed by atoms with E-state index in [1.165, 1.54) is 6.20 Å². The summed E-state index contributed by atoms with van der Waals surface area (Å²) in [5, 5.41) is 7.76. The van der Waals surface area contributed by atoms with E-state index in [-0.39, 0.29) is 18.0 Å². The van der Waals surface area contributed by atoms with Crippen LogP contribution in [0.2, 0.25) is 0 Å². The second-order valence-electron chi connectivity index (χ2n) is 8.10. The van der Waals surface area contributed by atoms with Gasteiger partial charge < -0.3 is 19.9 Å². The van der Waals surface area contributed by atoms with Gasteiger partial charge in [0.2, 0.25) is 0 Å². The quantitative estimate of drug-likeness (QED) is 0.497. The van der Waals surface area contributed by atoms with Crippen LogP contribution in [0.25, 0.3) is 5.52 Å². The molecule has 4 aromatic heterocycles. The molecule has 0 radical (unpaired) electrons. The van der Waals surface area contributed by atoms with Crippen molar-refractivity contribution in [1.82, 2.24) is 34.9 Å². The van der Waals surface area contributed by atoms with Crippen LogP contribution in [-0.4, -0.2) is 55.2 Å². The van der Waals surface area contributed by atoms with E-state index in [0.717, 1.165) is 47.6 Å². The summed E-state index contributed by atoms with van der Waals surface area (Å²) in [5.74, 6) is 1.25. The van der Waals surface area contributed by atoms with E-state index in [1.807, 2.05) is 28.9 Å². The number of amides is 1. The maximum atomic E-state index is 12.3. The number of nitrogens with zero attached hydrogens (tertiary/aromatic N) is 6. The molecular weight excluding hydrogens is 408 g/mol. The second kappa shape index (κ2) is 7.33. The molecule has 10 nitrogen and oxygen atoms in total. The summed E-state index contributed by atoms with van der Waals surface area (Å²) in [6.07, 6.45) is 9.67. The second-order valence-corrected chi connectivity index (χ2v) is 8.10. The van der Waals surface area contributed by atoms with Crippen LogP contribution in [-0.2, 0) is 6.42 Å². The third-order valence-electron chi connectivity index (χ3n) is 5.98. The Morgan fingerprint density at radius 1 is 1.25 bits per heavy atom. The average molecular weight is 430 g/mol. The van der Waals surface area contributed by atoms with Gasteiger partial charge in [-0.25, -0.2) is 19.5 Å². The lowest BCUT2D eigenvalue weighted by atomic mass is 10.00. The minimum atomic E-state index is -0.241. The van der Waals surface area contributed by atoms with Gasteiger partial charge in [0.25, 0.3) is 5.91 Å². The maximum Gasteiger partial charge on any atom is 0.271 e. The molecule has 1 aliphatic carbocycles. The fourth-order valence-electron chi connectivity index (χ4n) is 4.21. The normalized spacial score (nSPS) is 17.9. The van der Waals surface area contributed by atoms with Gasteiger partial charge in [0.1, 0.15) is 28.8 Å². The van der Waals surface area contributed by atoms with Crippen molar-refractivity contribution >= 4 is 17.2 Å². The molecule has 0 aromatic carbocycles. The Balaban J connectivity index is 1.38. The highest BCUT2D eigenvalue weighted by molar-refractivity contribution is 5.92. The third kappa shape index (κ3) is 3.15. The Morgan fingerprint density at radius 3 is 2.94 bits per heavy atom. The zero-order valence-electron chi connectivity index (χ0n) is 17.5. The van der Waals surface area contributed by atoms with E-state index in [9.17, 15) is 4.79 Å². The molecular formula is C22H22N8O2. The molecule has 1 atom stereocenters. The van der Waals surface area contributed by atoms with Crippen molar-refractivity contribution in [2.45, 2.75) is 31.3 Å². The molecule has 1 fully saturated rings. The number of carbonyl (C=O) groups excluding carboxylic acids is 1. The van der Waals surface area contributed by atoms with E-state index >= 15 is 0 Å². The number of fused-ring (bicyclic) bond motifs is 2. The molecule has 162 valence electrons. The van der Waals surface area contributed by atoms with Crippen LogP contribution in [0.1, 0.15) is 46.5 Å². The number of hydrogen-bond acceptors (Lipinski definition) is 7. The van der Waals surface area contributed by atoms with Crippen molar-refractivity contribution in [3.63, 3.8) is 0 Å². The van der Waals surface area contributed by atoms with E-state index in [1.54, 1.807) is 19.6 Å². The minimum Gasteiger partial charge on any atom is -0.494 e. The minimum absolute atomic E-state index is 0.177. The standard InChI is InChI=1S/C22H22N8O2/c1-32-18-3-2-7-30-17(18)9-15(28-30)21-20-14(25-12-26-20)6-8-29(21)19-11-23-16(10-24-19)22(31)27-13-4-5-13/h2-3,7,9-13,21H,4-6,8H2,1H3,(H,25,26)(H,27,31)/t21-/m1/s1. The highest BCUT2D eigenvalue weighted by Crippen LogP contribution is 2.36. The van der Waals surface area contributed by atoms with Crippen molar-refractivity contribution in [1.29, 1.82) is 0 Å². The lowest BCUT2D eigenvalue weighted by molar-refractivity contribution is 0.0945. The van der Waals surface area contributed by atoms with Gasteiger partial charge in [0.05, 0.1) is 37.2 Å². The molecule has 32 heavy (non-hydrogen) atoms. The lowest BCUT2D eigenvalue weighted by Gasteiger charge is -2.34. The Bertz CT molecular complexity index is 1290. The van der Waals surface area contributed by atoms with Crippen LogP contribution in [0.15, 0.2) is 43.1 Å². The molecule has 1 saturated carbocycles. The fourth-order valence-corrected chi connectivity index (χ4v) is 4.21. The molecule has 5 heterocycles. The van der Waals surface area contributed by atoms with Crippen LogP contribution in [0.4, 0.5) is 5.82 Å². The number of anilines is 1. The first-order valence-corrected chi connectivity index (χ1v) is 10.7.